The van der Waals surface area contributed by atoms with Gasteiger partial charge in [0.15, 0.2) is 0 Å². The average molecular weight is 232 g/mol. The molecule has 1 fully saturated rings. The summed E-state index contributed by atoms with van der Waals surface area (Å²) in [5.41, 5.74) is 0.221. The second kappa shape index (κ2) is 4.43. The normalized spacial score (nSPS) is 26.6. The van der Waals surface area contributed by atoms with E-state index in [0.717, 1.165) is 0 Å². The minimum Gasteiger partial charge on any atom is -0.393 e. The van der Waals surface area contributed by atoms with Crippen molar-refractivity contribution in [2.45, 2.75) is 25.0 Å². The van der Waals surface area contributed by atoms with Crippen LogP contribution in [0.2, 0.25) is 5.02 Å². The van der Waals surface area contributed by atoms with Crippen molar-refractivity contribution in [3.8, 4) is 0 Å². The quantitative estimate of drug-likeness (QED) is 0.805. The van der Waals surface area contributed by atoms with Crippen molar-refractivity contribution in [2.75, 3.05) is 6.61 Å². The fourth-order valence-corrected chi connectivity index (χ4v) is 1.78. The maximum absolute atomic E-state index is 13.5. The number of ether oxygens (including phenoxy) is 1. The summed E-state index contributed by atoms with van der Waals surface area (Å²) in [5.74, 6) is -0.485. The highest BCUT2D eigenvalue weighted by molar-refractivity contribution is 6.30. The number of aromatic nitrogens is 1. The zero-order chi connectivity index (χ0) is 10.8. The fraction of sp³-hybridized carbons (Fsp3) is 0.500. The van der Waals surface area contributed by atoms with E-state index in [9.17, 15) is 9.50 Å². The third-order valence-corrected chi connectivity index (χ3v) is 2.60. The van der Waals surface area contributed by atoms with E-state index in [2.05, 4.69) is 4.98 Å². The van der Waals surface area contributed by atoms with Crippen LogP contribution in [-0.4, -0.2) is 22.8 Å². The third-order valence-electron chi connectivity index (χ3n) is 2.40. The van der Waals surface area contributed by atoms with Crippen LogP contribution in [0.5, 0.6) is 0 Å². The molecular formula is C10H11ClFNO2. The van der Waals surface area contributed by atoms with Gasteiger partial charge < -0.3 is 9.84 Å². The largest absolute Gasteiger partial charge is 0.393 e. The first-order valence-corrected chi connectivity index (χ1v) is 5.15. The lowest BCUT2D eigenvalue weighted by Gasteiger charge is -2.26. The van der Waals surface area contributed by atoms with Crippen molar-refractivity contribution in [1.82, 2.24) is 4.98 Å². The molecule has 0 aliphatic carbocycles. The van der Waals surface area contributed by atoms with E-state index >= 15 is 0 Å². The van der Waals surface area contributed by atoms with Gasteiger partial charge in [-0.05, 0) is 12.5 Å². The monoisotopic (exact) mass is 231 g/mol. The zero-order valence-electron chi connectivity index (χ0n) is 7.99. The first-order chi connectivity index (χ1) is 7.16. The second-order valence-corrected chi connectivity index (χ2v) is 3.99. The molecular weight excluding hydrogens is 221 g/mol. The summed E-state index contributed by atoms with van der Waals surface area (Å²) in [5, 5.41) is 9.69. The van der Waals surface area contributed by atoms with E-state index < -0.39 is 18.0 Å². The minimum absolute atomic E-state index is 0.221. The van der Waals surface area contributed by atoms with E-state index in [-0.39, 0.29) is 10.7 Å². The molecule has 2 atom stereocenters. The Labute approximate surface area is 91.8 Å². The third kappa shape index (κ3) is 2.45. The molecule has 82 valence electrons. The van der Waals surface area contributed by atoms with Gasteiger partial charge in [-0.25, -0.2) is 4.39 Å². The van der Waals surface area contributed by atoms with Crippen molar-refractivity contribution in [3.05, 3.63) is 28.8 Å². The lowest BCUT2D eigenvalue weighted by Crippen LogP contribution is -2.24. The minimum atomic E-state index is -0.485. The molecule has 2 heterocycles. The summed E-state index contributed by atoms with van der Waals surface area (Å²) in [6.07, 6.45) is 1.44. The summed E-state index contributed by atoms with van der Waals surface area (Å²) in [6.45, 7) is 0.426. The van der Waals surface area contributed by atoms with E-state index in [4.69, 9.17) is 16.3 Å². The van der Waals surface area contributed by atoms with Crippen molar-refractivity contribution < 1.29 is 14.2 Å². The summed E-state index contributed by atoms with van der Waals surface area (Å²) >= 11 is 5.59. The van der Waals surface area contributed by atoms with Crippen LogP contribution in [0.25, 0.3) is 0 Å². The highest BCUT2D eigenvalue weighted by Gasteiger charge is 2.25. The van der Waals surface area contributed by atoms with E-state index in [0.29, 0.717) is 19.4 Å². The van der Waals surface area contributed by atoms with Crippen molar-refractivity contribution in [3.63, 3.8) is 0 Å². The topological polar surface area (TPSA) is 42.4 Å². The Balaban J connectivity index is 2.21. The van der Waals surface area contributed by atoms with E-state index in [1.807, 2.05) is 0 Å². The molecule has 0 spiro atoms. The highest BCUT2D eigenvalue weighted by atomic mass is 35.5. The predicted molar refractivity (Wildman–Crippen MR) is 53.1 cm³/mol. The molecule has 0 aromatic carbocycles. The number of nitrogens with zero attached hydrogens (tertiary/aromatic N) is 1. The lowest BCUT2D eigenvalue weighted by molar-refractivity contribution is -0.0481. The SMILES string of the molecule is OC1CCOC(c2ncc(Cl)cc2F)C1. The number of hydrogen-bond acceptors (Lipinski definition) is 3. The second-order valence-electron chi connectivity index (χ2n) is 3.56. The Morgan fingerprint density at radius 1 is 1.60 bits per heavy atom. The molecule has 0 amide bonds. The molecule has 3 nitrogen and oxygen atoms in total. The average Bonchev–Trinajstić information content (AvgIpc) is 2.17. The van der Waals surface area contributed by atoms with Crippen molar-refractivity contribution in [1.29, 1.82) is 0 Å². The van der Waals surface area contributed by atoms with Crippen molar-refractivity contribution >= 4 is 11.6 Å². The molecule has 1 aromatic rings. The van der Waals surface area contributed by atoms with Gasteiger partial charge in [0, 0.05) is 19.2 Å². The van der Waals surface area contributed by atoms with Gasteiger partial charge in [-0.2, -0.15) is 0 Å². The smallest absolute Gasteiger partial charge is 0.148 e. The van der Waals surface area contributed by atoms with Crippen LogP contribution in [0, 0.1) is 5.82 Å². The van der Waals surface area contributed by atoms with E-state index in [1.54, 1.807) is 0 Å². The number of aliphatic hydroxyl groups is 1. The van der Waals surface area contributed by atoms with Gasteiger partial charge in [-0.15, -0.1) is 0 Å². The van der Waals surface area contributed by atoms with Crippen LogP contribution >= 0.6 is 11.6 Å². The van der Waals surface area contributed by atoms with Gasteiger partial charge >= 0.3 is 0 Å². The molecule has 0 radical (unpaired) electrons. The number of aliphatic hydroxyl groups excluding tert-OH is 1. The number of rotatable bonds is 1. The first-order valence-electron chi connectivity index (χ1n) is 4.77. The molecule has 2 rings (SSSR count). The van der Waals surface area contributed by atoms with Crippen LogP contribution in [0.4, 0.5) is 4.39 Å². The van der Waals surface area contributed by atoms with Crippen LogP contribution in [0.1, 0.15) is 24.6 Å². The fourth-order valence-electron chi connectivity index (χ4n) is 1.63. The summed E-state index contributed by atoms with van der Waals surface area (Å²) < 4.78 is 18.8. The summed E-state index contributed by atoms with van der Waals surface area (Å²) in [4.78, 5) is 3.89. The van der Waals surface area contributed by atoms with Crippen LogP contribution in [0.15, 0.2) is 12.3 Å². The van der Waals surface area contributed by atoms with E-state index in [1.165, 1.54) is 12.3 Å². The Hall–Kier alpha value is -0.710. The lowest BCUT2D eigenvalue weighted by atomic mass is 10.0. The van der Waals surface area contributed by atoms with Gasteiger partial charge in [0.05, 0.1) is 11.1 Å². The van der Waals surface area contributed by atoms with Gasteiger partial charge in [0.25, 0.3) is 0 Å². The van der Waals surface area contributed by atoms with Crippen molar-refractivity contribution in [2.24, 2.45) is 0 Å². The summed E-state index contributed by atoms with van der Waals surface area (Å²) in [7, 11) is 0. The molecule has 15 heavy (non-hydrogen) atoms. The van der Waals surface area contributed by atoms with Gasteiger partial charge in [0.2, 0.25) is 0 Å². The number of pyridine rings is 1. The molecule has 1 N–H and O–H groups in total. The van der Waals surface area contributed by atoms with Gasteiger partial charge in [0.1, 0.15) is 17.6 Å². The Kier molecular flexibility index (Phi) is 3.19. The molecule has 0 saturated carbocycles. The molecule has 2 unspecified atom stereocenters. The highest BCUT2D eigenvalue weighted by Crippen LogP contribution is 2.29. The van der Waals surface area contributed by atoms with Gasteiger partial charge in [-0.3, -0.25) is 4.98 Å². The summed E-state index contributed by atoms with van der Waals surface area (Å²) in [6, 6.07) is 1.20. The van der Waals surface area contributed by atoms with Gasteiger partial charge in [-0.1, -0.05) is 11.6 Å². The van der Waals surface area contributed by atoms with Crippen LogP contribution in [0.3, 0.4) is 0 Å². The number of halogens is 2. The molecule has 1 saturated heterocycles. The molecule has 1 aliphatic heterocycles. The Bertz CT molecular complexity index is 361. The maximum atomic E-state index is 13.5. The van der Waals surface area contributed by atoms with Crippen LogP contribution in [-0.2, 0) is 4.74 Å². The standard InChI is InChI=1S/C10H11ClFNO2/c11-6-3-8(12)10(13-5-6)9-4-7(14)1-2-15-9/h3,5,7,9,14H,1-2,4H2. The maximum Gasteiger partial charge on any atom is 0.148 e. The predicted octanol–water partition coefficient (Wildman–Crippen LogP) is 2.09. The first kappa shape index (κ1) is 10.8. The molecule has 1 aliphatic rings. The van der Waals surface area contributed by atoms with Crippen LogP contribution < -0.4 is 0 Å². The molecule has 0 bridgehead atoms. The molecule has 5 heteroatoms. The Morgan fingerprint density at radius 2 is 2.40 bits per heavy atom. The zero-order valence-corrected chi connectivity index (χ0v) is 8.75. The Morgan fingerprint density at radius 3 is 3.07 bits per heavy atom. The molecule has 1 aromatic heterocycles. The number of hydrogen-bond donors (Lipinski definition) is 1.